The molecule has 1 aliphatic rings. The van der Waals surface area contributed by atoms with Crippen LogP contribution in [-0.4, -0.2) is 39.0 Å². The summed E-state index contributed by atoms with van der Waals surface area (Å²) in [6.45, 7) is 0.381. The monoisotopic (exact) mass is 379 g/mol. The molecule has 0 saturated carbocycles. The molecule has 23 heavy (non-hydrogen) atoms. The third-order valence-electron chi connectivity index (χ3n) is 3.69. The molecule has 5 nitrogen and oxygen atoms in total. The molecule has 0 radical (unpaired) electrons. The SMILES string of the molecule is O=C(COc1ccc(Cl)cc1Cl)NCCCC1CCS(=O)(=O)C1. The van der Waals surface area contributed by atoms with E-state index < -0.39 is 9.84 Å². The van der Waals surface area contributed by atoms with Crippen molar-refractivity contribution in [3.63, 3.8) is 0 Å². The van der Waals surface area contributed by atoms with Gasteiger partial charge in [0.15, 0.2) is 16.4 Å². The van der Waals surface area contributed by atoms with E-state index >= 15 is 0 Å². The maximum atomic E-state index is 11.7. The number of benzene rings is 1. The summed E-state index contributed by atoms with van der Waals surface area (Å²) in [6.07, 6.45) is 2.30. The summed E-state index contributed by atoms with van der Waals surface area (Å²) in [4.78, 5) is 11.7. The van der Waals surface area contributed by atoms with E-state index in [1.165, 1.54) is 0 Å². The van der Waals surface area contributed by atoms with Crippen LogP contribution in [0.15, 0.2) is 18.2 Å². The highest BCUT2D eigenvalue weighted by atomic mass is 35.5. The Hall–Kier alpha value is -0.980. The molecule has 1 fully saturated rings. The summed E-state index contributed by atoms with van der Waals surface area (Å²) in [5, 5.41) is 3.60. The van der Waals surface area contributed by atoms with Gasteiger partial charge in [-0.25, -0.2) is 8.42 Å². The van der Waals surface area contributed by atoms with Crippen molar-refractivity contribution in [2.45, 2.75) is 19.3 Å². The van der Waals surface area contributed by atoms with E-state index in [0.717, 1.165) is 19.3 Å². The molecular formula is C15H19Cl2NO4S. The summed E-state index contributed by atoms with van der Waals surface area (Å²) in [5.41, 5.74) is 0. The Morgan fingerprint density at radius 3 is 2.78 bits per heavy atom. The van der Waals surface area contributed by atoms with Crippen molar-refractivity contribution in [1.82, 2.24) is 5.32 Å². The predicted octanol–water partition coefficient (Wildman–Crippen LogP) is 2.70. The van der Waals surface area contributed by atoms with Gasteiger partial charge in [-0.1, -0.05) is 23.2 Å². The van der Waals surface area contributed by atoms with Crippen molar-refractivity contribution in [2.75, 3.05) is 24.7 Å². The van der Waals surface area contributed by atoms with E-state index in [0.29, 0.717) is 28.1 Å². The largest absolute Gasteiger partial charge is 0.482 e. The molecule has 0 aromatic heterocycles. The second kappa shape index (κ2) is 8.22. The lowest BCUT2D eigenvalue weighted by atomic mass is 10.0. The molecular weight excluding hydrogens is 361 g/mol. The molecule has 1 unspecified atom stereocenters. The summed E-state index contributed by atoms with van der Waals surface area (Å²) in [6, 6.07) is 4.79. The topological polar surface area (TPSA) is 72.5 Å². The van der Waals surface area contributed by atoms with Crippen LogP contribution in [0.3, 0.4) is 0 Å². The van der Waals surface area contributed by atoms with Crippen molar-refractivity contribution in [2.24, 2.45) is 5.92 Å². The highest BCUT2D eigenvalue weighted by molar-refractivity contribution is 7.91. The van der Waals surface area contributed by atoms with Crippen LogP contribution in [0.1, 0.15) is 19.3 Å². The van der Waals surface area contributed by atoms with Crippen molar-refractivity contribution < 1.29 is 17.9 Å². The molecule has 2 rings (SSSR count). The predicted molar refractivity (Wildman–Crippen MR) is 91.0 cm³/mol. The first-order valence-corrected chi connectivity index (χ1v) is 9.98. The van der Waals surface area contributed by atoms with Gasteiger partial charge < -0.3 is 10.1 Å². The van der Waals surface area contributed by atoms with Crippen LogP contribution < -0.4 is 10.1 Å². The quantitative estimate of drug-likeness (QED) is 0.739. The standard InChI is InChI=1S/C15H19Cl2NO4S/c16-12-3-4-14(13(17)8-12)22-9-15(19)18-6-1-2-11-5-7-23(20,21)10-11/h3-4,8,11H,1-2,5-7,9-10H2,(H,18,19). The molecule has 1 saturated heterocycles. The van der Waals surface area contributed by atoms with Crippen LogP contribution in [0, 0.1) is 5.92 Å². The van der Waals surface area contributed by atoms with Gasteiger partial charge in [0.05, 0.1) is 16.5 Å². The fraction of sp³-hybridized carbons (Fsp3) is 0.533. The first kappa shape index (κ1) is 18.4. The number of hydrogen-bond donors (Lipinski definition) is 1. The van der Waals surface area contributed by atoms with Crippen molar-refractivity contribution in [1.29, 1.82) is 0 Å². The Morgan fingerprint density at radius 1 is 1.35 bits per heavy atom. The highest BCUT2D eigenvalue weighted by Gasteiger charge is 2.27. The first-order valence-electron chi connectivity index (χ1n) is 7.41. The number of amides is 1. The van der Waals surface area contributed by atoms with Crippen LogP contribution in [0.2, 0.25) is 10.0 Å². The molecule has 1 aliphatic heterocycles. The minimum absolute atomic E-state index is 0.126. The zero-order valence-corrected chi connectivity index (χ0v) is 14.9. The smallest absolute Gasteiger partial charge is 0.257 e. The van der Waals surface area contributed by atoms with Crippen LogP contribution in [0.5, 0.6) is 5.75 Å². The van der Waals surface area contributed by atoms with E-state index in [2.05, 4.69) is 5.32 Å². The van der Waals surface area contributed by atoms with E-state index in [1.807, 2.05) is 0 Å². The van der Waals surface area contributed by atoms with Gasteiger partial charge in [0, 0.05) is 11.6 Å². The average molecular weight is 380 g/mol. The zero-order valence-electron chi connectivity index (χ0n) is 12.6. The number of carbonyl (C=O) groups is 1. The van der Waals surface area contributed by atoms with Gasteiger partial charge in [0.25, 0.3) is 5.91 Å². The lowest BCUT2D eigenvalue weighted by molar-refractivity contribution is -0.123. The Balaban J connectivity index is 1.62. The zero-order chi connectivity index (χ0) is 16.9. The van der Waals surface area contributed by atoms with Crippen LogP contribution in [-0.2, 0) is 14.6 Å². The molecule has 128 valence electrons. The number of hydrogen-bond acceptors (Lipinski definition) is 4. The summed E-state index contributed by atoms with van der Waals surface area (Å²) in [7, 11) is -2.82. The number of ether oxygens (including phenoxy) is 1. The van der Waals surface area contributed by atoms with Gasteiger partial charge in [0.1, 0.15) is 5.75 Å². The van der Waals surface area contributed by atoms with Crippen molar-refractivity contribution in [3.05, 3.63) is 28.2 Å². The summed E-state index contributed by atoms with van der Waals surface area (Å²) < 4.78 is 28.0. The first-order chi connectivity index (χ1) is 10.9. The normalized spacial score (nSPS) is 19.5. The Labute approximate surface area is 146 Å². The number of rotatable bonds is 7. The maximum Gasteiger partial charge on any atom is 0.257 e. The molecule has 1 heterocycles. The molecule has 1 aromatic carbocycles. The van der Waals surface area contributed by atoms with Gasteiger partial charge in [-0.05, 0) is 43.4 Å². The summed E-state index contributed by atoms with van der Waals surface area (Å²) in [5.74, 6) is 0.956. The molecule has 0 spiro atoms. The number of sulfone groups is 1. The van der Waals surface area contributed by atoms with Crippen molar-refractivity contribution in [3.8, 4) is 5.75 Å². The second-order valence-corrected chi connectivity index (χ2v) is 8.70. The van der Waals surface area contributed by atoms with Gasteiger partial charge in [0.2, 0.25) is 0 Å². The maximum absolute atomic E-state index is 11.7. The Kier molecular flexibility index (Phi) is 6.56. The number of halogens is 2. The Bertz CT molecular complexity index is 663. The molecule has 0 bridgehead atoms. The average Bonchev–Trinajstić information content (AvgIpc) is 2.82. The van der Waals surface area contributed by atoms with E-state index in [-0.39, 0.29) is 24.2 Å². The third-order valence-corrected chi connectivity index (χ3v) is 6.06. The van der Waals surface area contributed by atoms with Gasteiger partial charge in [-0.3, -0.25) is 4.79 Å². The third kappa shape index (κ3) is 6.20. The molecule has 0 aliphatic carbocycles. The van der Waals surface area contributed by atoms with Gasteiger partial charge in [-0.2, -0.15) is 0 Å². The van der Waals surface area contributed by atoms with Crippen LogP contribution >= 0.6 is 23.2 Å². The molecule has 1 amide bonds. The fourth-order valence-electron chi connectivity index (χ4n) is 2.50. The lowest BCUT2D eigenvalue weighted by Gasteiger charge is -2.10. The van der Waals surface area contributed by atoms with Crippen LogP contribution in [0.25, 0.3) is 0 Å². The molecule has 1 aromatic rings. The molecule has 1 N–H and O–H groups in total. The van der Waals surface area contributed by atoms with Crippen LogP contribution in [0.4, 0.5) is 0 Å². The highest BCUT2D eigenvalue weighted by Crippen LogP contribution is 2.27. The Morgan fingerprint density at radius 2 is 2.13 bits per heavy atom. The van der Waals surface area contributed by atoms with E-state index in [4.69, 9.17) is 27.9 Å². The lowest BCUT2D eigenvalue weighted by Crippen LogP contribution is -2.30. The minimum atomic E-state index is -2.82. The van der Waals surface area contributed by atoms with Gasteiger partial charge >= 0.3 is 0 Å². The number of carbonyl (C=O) groups excluding carboxylic acids is 1. The van der Waals surface area contributed by atoms with E-state index in [9.17, 15) is 13.2 Å². The minimum Gasteiger partial charge on any atom is -0.482 e. The second-order valence-electron chi connectivity index (χ2n) is 5.62. The van der Waals surface area contributed by atoms with Gasteiger partial charge in [-0.15, -0.1) is 0 Å². The molecule has 1 atom stereocenters. The fourth-order valence-corrected chi connectivity index (χ4v) is 4.88. The van der Waals surface area contributed by atoms with Crippen molar-refractivity contribution >= 4 is 38.9 Å². The van der Waals surface area contributed by atoms with E-state index in [1.54, 1.807) is 18.2 Å². The number of nitrogens with one attached hydrogen (secondary N) is 1. The summed E-state index contributed by atoms with van der Waals surface area (Å²) >= 11 is 11.7. The molecule has 8 heteroatoms.